The van der Waals surface area contributed by atoms with Crippen molar-refractivity contribution in [3.05, 3.63) is 65.7 Å². The second-order valence-electron chi connectivity index (χ2n) is 7.22. The Hall–Kier alpha value is -2.66. The van der Waals surface area contributed by atoms with Crippen molar-refractivity contribution < 1.29 is 9.47 Å². The minimum atomic E-state index is 0.803. The van der Waals surface area contributed by atoms with Crippen LogP contribution >= 0.6 is 0 Å². The van der Waals surface area contributed by atoms with Gasteiger partial charge in [0.05, 0.1) is 13.7 Å². The molecule has 2 aromatic carbocycles. The Balaban J connectivity index is 1.64. The summed E-state index contributed by atoms with van der Waals surface area (Å²) < 4.78 is 11.0. The van der Waals surface area contributed by atoms with Crippen LogP contribution in [0.3, 0.4) is 0 Å². The molecule has 0 unspecified atom stereocenters. The maximum Gasteiger partial charge on any atom is 0.119 e. The van der Waals surface area contributed by atoms with E-state index in [4.69, 9.17) is 9.47 Å². The molecule has 2 rings (SSSR count). The lowest BCUT2D eigenvalue weighted by molar-refractivity contribution is 0.304. The number of rotatable bonds is 12. The van der Waals surface area contributed by atoms with Crippen molar-refractivity contribution in [3.63, 3.8) is 0 Å². The van der Waals surface area contributed by atoms with Gasteiger partial charge < -0.3 is 9.47 Å². The van der Waals surface area contributed by atoms with Gasteiger partial charge >= 0.3 is 0 Å². The molecule has 0 saturated carbocycles. The number of unbranched alkanes of at least 4 members (excludes halogenated alkanes) is 7. The summed E-state index contributed by atoms with van der Waals surface area (Å²) in [6.45, 7) is 3.07. The molecule has 2 nitrogen and oxygen atoms in total. The van der Waals surface area contributed by atoms with Crippen molar-refractivity contribution in [2.75, 3.05) is 13.7 Å². The maximum absolute atomic E-state index is 5.85. The first-order valence-electron chi connectivity index (χ1n) is 10.9. The quantitative estimate of drug-likeness (QED) is 0.280. The van der Waals surface area contributed by atoms with Crippen LogP contribution in [0.25, 0.3) is 6.08 Å². The third-order valence-corrected chi connectivity index (χ3v) is 4.81. The van der Waals surface area contributed by atoms with Crippen LogP contribution in [-0.2, 0) is 0 Å². The molecular weight excluding hydrogens is 356 g/mol. The number of ether oxygens (including phenoxy) is 2. The Bertz CT molecular complexity index is 761. The predicted molar refractivity (Wildman–Crippen MR) is 123 cm³/mol. The minimum Gasteiger partial charge on any atom is -0.497 e. The fourth-order valence-corrected chi connectivity index (χ4v) is 3.04. The lowest BCUT2D eigenvalue weighted by Gasteiger charge is -2.06. The summed E-state index contributed by atoms with van der Waals surface area (Å²) in [4.78, 5) is 0. The topological polar surface area (TPSA) is 18.5 Å². The highest BCUT2D eigenvalue weighted by Crippen LogP contribution is 2.15. The van der Waals surface area contributed by atoms with Gasteiger partial charge in [-0.25, -0.2) is 0 Å². The van der Waals surface area contributed by atoms with Crippen LogP contribution in [0.4, 0.5) is 0 Å². The second kappa shape index (κ2) is 14.4. The van der Waals surface area contributed by atoms with Gasteiger partial charge in [0.1, 0.15) is 11.5 Å². The highest BCUT2D eigenvalue weighted by molar-refractivity contribution is 5.54. The van der Waals surface area contributed by atoms with Crippen molar-refractivity contribution >= 4 is 6.08 Å². The van der Waals surface area contributed by atoms with E-state index in [0.717, 1.165) is 35.7 Å². The number of hydrogen-bond acceptors (Lipinski definition) is 2. The first-order valence-corrected chi connectivity index (χ1v) is 10.9. The molecule has 0 N–H and O–H groups in total. The van der Waals surface area contributed by atoms with E-state index in [0.29, 0.717) is 0 Å². The highest BCUT2D eigenvalue weighted by Gasteiger charge is 1.95. The Labute approximate surface area is 176 Å². The molecule has 0 radical (unpaired) electrons. The van der Waals surface area contributed by atoms with E-state index < -0.39 is 0 Å². The standard InChI is InChI=1S/C27H34O2/c1-3-4-5-6-7-8-9-12-23-29-27-21-17-25(18-22-27)14-11-10-13-24-15-19-26(28-2)20-16-24/h11,14-22H,3-9,12,23H2,1-2H3/b14-11+. The number of allylic oxidation sites excluding steroid dienone is 1. The minimum absolute atomic E-state index is 0.803. The zero-order chi connectivity index (χ0) is 20.6. The molecule has 0 spiro atoms. The van der Waals surface area contributed by atoms with Crippen LogP contribution in [0, 0.1) is 11.8 Å². The first kappa shape index (κ1) is 22.6. The molecule has 0 amide bonds. The molecule has 0 aliphatic carbocycles. The molecule has 0 heterocycles. The van der Waals surface area contributed by atoms with E-state index in [1.807, 2.05) is 48.6 Å². The number of methoxy groups -OCH3 is 1. The fraction of sp³-hybridized carbons (Fsp3) is 0.407. The second-order valence-corrected chi connectivity index (χ2v) is 7.22. The predicted octanol–water partition coefficient (Wildman–Crippen LogP) is 7.28. The largest absolute Gasteiger partial charge is 0.497 e. The van der Waals surface area contributed by atoms with Crippen molar-refractivity contribution in [1.82, 2.24) is 0 Å². The molecule has 2 aromatic rings. The van der Waals surface area contributed by atoms with Gasteiger partial charge in [0.25, 0.3) is 0 Å². The summed E-state index contributed by atoms with van der Waals surface area (Å²) in [6, 6.07) is 15.9. The molecule has 0 aromatic heterocycles. The summed E-state index contributed by atoms with van der Waals surface area (Å²) in [5, 5.41) is 0. The van der Waals surface area contributed by atoms with Gasteiger partial charge in [-0.2, -0.15) is 0 Å². The zero-order valence-corrected chi connectivity index (χ0v) is 18.0. The number of hydrogen-bond donors (Lipinski definition) is 0. The SMILES string of the molecule is CCCCCCCCCCOc1ccc(/C=C/C#Cc2ccc(OC)cc2)cc1. The van der Waals surface area contributed by atoms with Crippen LogP contribution in [0.15, 0.2) is 54.6 Å². The van der Waals surface area contributed by atoms with E-state index in [-0.39, 0.29) is 0 Å². The van der Waals surface area contributed by atoms with Crippen LogP contribution in [0.5, 0.6) is 11.5 Å². The molecule has 154 valence electrons. The van der Waals surface area contributed by atoms with Crippen LogP contribution in [0.2, 0.25) is 0 Å². The average Bonchev–Trinajstić information content (AvgIpc) is 2.77. The molecule has 0 aliphatic heterocycles. The Morgan fingerprint density at radius 3 is 2.03 bits per heavy atom. The highest BCUT2D eigenvalue weighted by atomic mass is 16.5. The van der Waals surface area contributed by atoms with Gasteiger partial charge in [-0.1, -0.05) is 75.8 Å². The Morgan fingerprint density at radius 1 is 0.759 bits per heavy atom. The third kappa shape index (κ3) is 9.90. The van der Waals surface area contributed by atoms with E-state index in [1.54, 1.807) is 7.11 Å². The van der Waals surface area contributed by atoms with Gasteiger partial charge in [0, 0.05) is 5.56 Å². The molecule has 2 heteroatoms. The van der Waals surface area contributed by atoms with E-state index in [9.17, 15) is 0 Å². The van der Waals surface area contributed by atoms with Crippen LogP contribution in [0.1, 0.15) is 69.4 Å². The lowest BCUT2D eigenvalue weighted by atomic mass is 10.1. The first-order chi connectivity index (χ1) is 14.3. The van der Waals surface area contributed by atoms with Gasteiger partial charge in [-0.15, -0.1) is 0 Å². The van der Waals surface area contributed by atoms with Crippen molar-refractivity contribution in [2.24, 2.45) is 0 Å². The Morgan fingerprint density at radius 2 is 1.38 bits per heavy atom. The maximum atomic E-state index is 5.85. The fourth-order valence-electron chi connectivity index (χ4n) is 3.04. The van der Waals surface area contributed by atoms with Crippen molar-refractivity contribution in [2.45, 2.75) is 58.3 Å². The molecular formula is C27H34O2. The van der Waals surface area contributed by atoms with Crippen molar-refractivity contribution in [1.29, 1.82) is 0 Å². The average molecular weight is 391 g/mol. The lowest BCUT2D eigenvalue weighted by Crippen LogP contribution is -1.97. The normalized spacial score (nSPS) is 10.6. The molecule has 0 saturated heterocycles. The van der Waals surface area contributed by atoms with Gasteiger partial charge in [0.2, 0.25) is 0 Å². The van der Waals surface area contributed by atoms with Crippen LogP contribution < -0.4 is 9.47 Å². The zero-order valence-electron chi connectivity index (χ0n) is 18.0. The summed E-state index contributed by atoms with van der Waals surface area (Å²) in [6.07, 6.45) is 14.4. The molecule has 0 atom stereocenters. The third-order valence-electron chi connectivity index (χ3n) is 4.81. The summed E-state index contributed by atoms with van der Waals surface area (Å²) >= 11 is 0. The van der Waals surface area contributed by atoms with Gasteiger partial charge in [-0.05, 0) is 60.5 Å². The Kier molecular flexibility index (Phi) is 11.2. The number of benzene rings is 2. The smallest absolute Gasteiger partial charge is 0.119 e. The molecule has 0 bridgehead atoms. The van der Waals surface area contributed by atoms with Crippen LogP contribution in [-0.4, -0.2) is 13.7 Å². The van der Waals surface area contributed by atoms with E-state index >= 15 is 0 Å². The molecule has 29 heavy (non-hydrogen) atoms. The van der Waals surface area contributed by atoms with E-state index in [1.165, 1.54) is 44.9 Å². The van der Waals surface area contributed by atoms with E-state index in [2.05, 4.69) is 30.9 Å². The van der Waals surface area contributed by atoms with Gasteiger partial charge in [-0.3, -0.25) is 0 Å². The summed E-state index contributed by atoms with van der Waals surface area (Å²) in [7, 11) is 1.66. The monoisotopic (exact) mass is 390 g/mol. The summed E-state index contributed by atoms with van der Waals surface area (Å²) in [5.41, 5.74) is 2.09. The molecule has 0 aliphatic rings. The van der Waals surface area contributed by atoms with Crippen molar-refractivity contribution in [3.8, 4) is 23.3 Å². The summed E-state index contributed by atoms with van der Waals surface area (Å²) in [5.74, 6) is 7.97. The molecule has 0 fully saturated rings. The van der Waals surface area contributed by atoms with Gasteiger partial charge in [0.15, 0.2) is 0 Å².